The Labute approximate surface area is 268 Å². The number of carboxylic acid groups (broad SMARTS) is 2. The Morgan fingerprint density at radius 1 is 0.447 bits per heavy atom. The molecule has 0 aliphatic rings. The number of rotatable bonds is 9. The van der Waals surface area contributed by atoms with Crippen LogP contribution in [0.4, 0.5) is 0 Å². The Morgan fingerprint density at radius 2 is 0.851 bits per heavy atom. The summed E-state index contributed by atoms with van der Waals surface area (Å²) in [5, 5.41) is 30.6. The van der Waals surface area contributed by atoms with Gasteiger partial charge in [-0.15, -0.1) is 0 Å². The molecule has 0 aliphatic heterocycles. The second kappa shape index (κ2) is 11.9. The summed E-state index contributed by atoms with van der Waals surface area (Å²) in [5.74, 6) is -3.16. The summed E-state index contributed by atoms with van der Waals surface area (Å²) in [6, 6.07) is 32.2. The largest absolute Gasteiger partial charge is 0.478 e. The van der Waals surface area contributed by atoms with E-state index in [1.54, 1.807) is 36.4 Å². The lowest BCUT2D eigenvalue weighted by Crippen LogP contribution is -2.26. The van der Waals surface area contributed by atoms with Gasteiger partial charge in [-0.3, -0.25) is 9.59 Å². The normalized spacial score (nSPS) is 11.3. The van der Waals surface area contributed by atoms with E-state index in [4.69, 9.17) is 0 Å². The van der Waals surface area contributed by atoms with Crippen molar-refractivity contribution in [2.45, 2.75) is 13.0 Å². The molecular weight excluding hydrogens is 592 g/mol. The summed E-state index contributed by atoms with van der Waals surface area (Å²) in [4.78, 5) is 52.2. The van der Waals surface area contributed by atoms with Crippen LogP contribution in [0.15, 0.2) is 109 Å². The number of carbonyl (C=O) groups excluding carboxylic acids is 2. The van der Waals surface area contributed by atoms with Crippen molar-refractivity contribution in [3.05, 3.63) is 143 Å². The van der Waals surface area contributed by atoms with Crippen molar-refractivity contribution in [3.63, 3.8) is 0 Å². The number of hydrogen-bond acceptors (Lipinski definition) is 4. The minimum Gasteiger partial charge on any atom is -0.478 e. The van der Waals surface area contributed by atoms with E-state index >= 15 is 0 Å². The molecule has 0 spiro atoms. The van der Waals surface area contributed by atoms with Gasteiger partial charge in [-0.25, -0.2) is 9.59 Å². The predicted molar refractivity (Wildman–Crippen MR) is 182 cm³/mol. The van der Waals surface area contributed by atoms with Crippen molar-refractivity contribution in [3.8, 4) is 0 Å². The average Bonchev–Trinajstić information content (AvgIpc) is 3.09. The molecule has 8 nitrogen and oxygen atoms in total. The van der Waals surface area contributed by atoms with Gasteiger partial charge in [-0.1, -0.05) is 84.9 Å². The molecular formula is C39H28N2O6. The summed E-state index contributed by atoms with van der Waals surface area (Å²) in [5.41, 5.74) is 2.38. The van der Waals surface area contributed by atoms with Crippen LogP contribution in [-0.4, -0.2) is 40.5 Å². The number of nitrogens with one attached hydrogen (secondary N) is 2. The number of aromatic carboxylic acids is 2. The molecule has 0 radical (unpaired) electrons. The Bertz CT molecular complexity index is 2350. The second-order valence-corrected chi connectivity index (χ2v) is 11.4. The number of fused-ring (bicyclic) bond motifs is 2. The van der Waals surface area contributed by atoms with Crippen LogP contribution in [0.25, 0.3) is 43.1 Å². The van der Waals surface area contributed by atoms with Crippen molar-refractivity contribution < 1.29 is 29.4 Å². The molecule has 7 aromatic rings. The van der Waals surface area contributed by atoms with E-state index in [-0.39, 0.29) is 28.8 Å². The smallest absolute Gasteiger partial charge is 0.336 e. The third-order valence-corrected chi connectivity index (χ3v) is 8.69. The van der Waals surface area contributed by atoms with E-state index in [1.807, 2.05) is 60.7 Å². The highest BCUT2D eigenvalue weighted by Crippen LogP contribution is 2.44. The lowest BCUT2D eigenvalue weighted by atomic mass is 9.84. The Hall–Kier alpha value is -6.28. The van der Waals surface area contributed by atoms with Gasteiger partial charge in [-0.05, 0) is 74.1 Å². The first-order chi connectivity index (χ1) is 22.8. The van der Waals surface area contributed by atoms with E-state index in [2.05, 4.69) is 10.6 Å². The van der Waals surface area contributed by atoms with Gasteiger partial charge in [-0.2, -0.15) is 0 Å². The van der Waals surface area contributed by atoms with Gasteiger partial charge in [0.05, 0.1) is 11.1 Å². The van der Waals surface area contributed by atoms with Gasteiger partial charge < -0.3 is 20.8 Å². The lowest BCUT2D eigenvalue weighted by molar-refractivity contribution is 0.0688. The molecule has 0 aromatic heterocycles. The molecule has 230 valence electrons. The zero-order valence-corrected chi connectivity index (χ0v) is 25.0. The minimum atomic E-state index is -1.18. The molecule has 0 aliphatic carbocycles. The van der Waals surface area contributed by atoms with E-state index in [1.165, 1.54) is 12.1 Å². The van der Waals surface area contributed by atoms with Crippen molar-refractivity contribution >= 4 is 66.8 Å². The number of carboxylic acids is 2. The molecule has 47 heavy (non-hydrogen) atoms. The molecule has 0 unspecified atom stereocenters. The molecule has 0 saturated carbocycles. The van der Waals surface area contributed by atoms with E-state index in [0.29, 0.717) is 56.1 Å². The topological polar surface area (TPSA) is 133 Å². The fourth-order valence-corrected chi connectivity index (χ4v) is 6.56. The number of carbonyl (C=O) groups is 4. The first-order valence-electron chi connectivity index (χ1n) is 15.1. The van der Waals surface area contributed by atoms with Crippen LogP contribution in [0, 0.1) is 0 Å². The van der Waals surface area contributed by atoms with Gasteiger partial charge >= 0.3 is 11.9 Å². The maximum Gasteiger partial charge on any atom is 0.336 e. The molecule has 8 heteroatoms. The first-order valence-corrected chi connectivity index (χ1v) is 15.1. The summed E-state index contributed by atoms with van der Waals surface area (Å²) in [6.45, 7) is 0.630. The monoisotopic (exact) mass is 620 g/mol. The van der Waals surface area contributed by atoms with Crippen LogP contribution in [0.5, 0.6) is 0 Å². The van der Waals surface area contributed by atoms with Crippen LogP contribution in [0.2, 0.25) is 0 Å². The van der Waals surface area contributed by atoms with Gasteiger partial charge in [0.25, 0.3) is 11.8 Å². The molecule has 0 atom stereocenters. The second-order valence-electron chi connectivity index (χ2n) is 11.4. The zero-order chi connectivity index (χ0) is 32.7. The quantitative estimate of drug-likeness (QED) is 0.101. The molecule has 0 heterocycles. The fraction of sp³-hybridized carbons (Fsp3) is 0.0769. The summed E-state index contributed by atoms with van der Waals surface area (Å²) >= 11 is 0. The van der Waals surface area contributed by atoms with Crippen LogP contribution < -0.4 is 10.6 Å². The fourth-order valence-electron chi connectivity index (χ4n) is 6.56. The Morgan fingerprint density at radius 3 is 1.30 bits per heavy atom. The number of amides is 2. The zero-order valence-electron chi connectivity index (χ0n) is 25.0. The van der Waals surface area contributed by atoms with Gasteiger partial charge in [0.1, 0.15) is 0 Å². The Balaban J connectivity index is 1.41. The number of hydrogen-bond donors (Lipinski definition) is 4. The van der Waals surface area contributed by atoms with Gasteiger partial charge in [0.2, 0.25) is 0 Å². The van der Waals surface area contributed by atoms with Crippen LogP contribution in [0.3, 0.4) is 0 Å². The maximum absolute atomic E-state index is 13.6. The highest BCUT2D eigenvalue weighted by atomic mass is 16.4. The molecule has 7 aromatic carbocycles. The minimum absolute atomic E-state index is 0.0161. The maximum atomic E-state index is 13.6. The molecule has 0 fully saturated rings. The molecule has 7 rings (SSSR count). The van der Waals surface area contributed by atoms with Crippen LogP contribution in [0.1, 0.15) is 52.6 Å². The lowest BCUT2D eigenvalue weighted by Gasteiger charge is -2.20. The highest BCUT2D eigenvalue weighted by Gasteiger charge is 2.25. The number of benzene rings is 7. The standard InChI is InChI=1S/C39H28N2O6/c42-36(40-20-19-22-7-3-1-4-8-22)28-15-11-24-25-12-16-29(37(43)41-21-23-9-5-2-6-10-23)35-31(39(46)47)18-14-27(33(25)35)26-13-17-30(38(44)45)34(28)32(24)26/h1-18H,19-21H2,(H,40,42)(H,41,43)(H,44,45)(H,46,47). The van der Waals surface area contributed by atoms with Gasteiger partial charge in [0, 0.05) is 35.0 Å². The average molecular weight is 621 g/mol. The van der Waals surface area contributed by atoms with Crippen molar-refractivity contribution in [2.24, 2.45) is 0 Å². The van der Waals surface area contributed by atoms with E-state index < -0.39 is 23.8 Å². The Kier molecular flexibility index (Phi) is 7.46. The first kappa shape index (κ1) is 29.4. The van der Waals surface area contributed by atoms with E-state index in [0.717, 1.165) is 11.1 Å². The predicted octanol–water partition coefficient (Wildman–Crippen LogP) is 7.04. The molecule has 0 saturated heterocycles. The highest BCUT2D eigenvalue weighted by molar-refractivity contribution is 6.38. The van der Waals surface area contributed by atoms with Crippen molar-refractivity contribution in [1.82, 2.24) is 10.6 Å². The molecule has 0 bridgehead atoms. The summed E-state index contributed by atoms with van der Waals surface area (Å²) in [7, 11) is 0. The van der Waals surface area contributed by atoms with E-state index in [9.17, 15) is 29.4 Å². The summed E-state index contributed by atoms with van der Waals surface area (Å²) in [6.07, 6.45) is 0.613. The third-order valence-electron chi connectivity index (χ3n) is 8.69. The summed E-state index contributed by atoms with van der Waals surface area (Å²) < 4.78 is 0. The van der Waals surface area contributed by atoms with Crippen molar-refractivity contribution in [1.29, 1.82) is 0 Å². The van der Waals surface area contributed by atoms with Gasteiger partial charge in [0.15, 0.2) is 0 Å². The SMILES string of the molecule is O=C(O)c1ccc2c3ccc(C(=O)O)c4c(C(=O)NCc5ccccc5)ccc(c5ccc(C(=O)NCCc6ccccc6)c1c25)c43. The molecule has 4 N–H and O–H groups in total. The van der Waals surface area contributed by atoms with Crippen LogP contribution >= 0.6 is 0 Å². The third kappa shape index (κ3) is 5.15. The van der Waals surface area contributed by atoms with Crippen molar-refractivity contribution in [2.75, 3.05) is 6.54 Å². The van der Waals surface area contributed by atoms with Crippen LogP contribution in [-0.2, 0) is 13.0 Å². The molecule has 2 amide bonds.